The Kier molecular flexibility index (Phi) is 3.98. The topological polar surface area (TPSA) is 44.9 Å². The van der Waals surface area contributed by atoms with E-state index in [4.69, 9.17) is 5.26 Å². The first-order valence-corrected chi connectivity index (χ1v) is 5.97. The van der Waals surface area contributed by atoms with Crippen molar-refractivity contribution in [3.63, 3.8) is 0 Å². The first kappa shape index (κ1) is 12.2. The van der Waals surface area contributed by atoms with Crippen LogP contribution in [-0.4, -0.2) is 23.1 Å². The van der Waals surface area contributed by atoms with Crippen LogP contribution >= 0.6 is 0 Å². The predicted molar refractivity (Wildman–Crippen MR) is 71.3 cm³/mol. The minimum Gasteiger partial charge on any atom is -0.373 e. The average molecular weight is 240 g/mol. The standard InChI is InChI=1S/C14H16N4/c1-17(8-4-9-18-10-7-16-12-18)14-6-3-2-5-13(14)11-15/h2-3,5-7,10,12H,4,8-9H2,1H3. The summed E-state index contributed by atoms with van der Waals surface area (Å²) in [5, 5.41) is 9.05. The second-order valence-electron chi connectivity index (χ2n) is 4.20. The zero-order valence-electron chi connectivity index (χ0n) is 10.5. The van der Waals surface area contributed by atoms with Crippen LogP contribution in [0, 0.1) is 11.3 Å². The number of benzene rings is 1. The number of hydrogen-bond donors (Lipinski definition) is 0. The number of aromatic nitrogens is 2. The van der Waals surface area contributed by atoms with Gasteiger partial charge in [-0.2, -0.15) is 5.26 Å². The molecule has 0 atom stereocenters. The molecule has 1 aromatic carbocycles. The van der Waals surface area contributed by atoms with Gasteiger partial charge in [-0.05, 0) is 18.6 Å². The summed E-state index contributed by atoms with van der Waals surface area (Å²) < 4.78 is 2.06. The Morgan fingerprint density at radius 2 is 2.22 bits per heavy atom. The van der Waals surface area contributed by atoms with Gasteiger partial charge >= 0.3 is 0 Å². The Hall–Kier alpha value is -2.28. The van der Waals surface area contributed by atoms with Crippen molar-refractivity contribution < 1.29 is 0 Å². The van der Waals surface area contributed by atoms with Gasteiger partial charge < -0.3 is 9.47 Å². The highest BCUT2D eigenvalue weighted by Gasteiger charge is 2.05. The van der Waals surface area contributed by atoms with Crippen molar-refractivity contribution in [2.75, 3.05) is 18.5 Å². The average Bonchev–Trinajstić information content (AvgIpc) is 2.91. The van der Waals surface area contributed by atoms with Gasteiger partial charge in [-0.25, -0.2) is 4.98 Å². The van der Waals surface area contributed by atoms with Crippen molar-refractivity contribution in [3.05, 3.63) is 48.5 Å². The van der Waals surface area contributed by atoms with Gasteiger partial charge in [-0.3, -0.25) is 0 Å². The number of nitrogens with zero attached hydrogens (tertiary/aromatic N) is 4. The van der Waals surface area contributed by atoms with Crippen LogP contribution in [0.4, 0.5) is 5.69 Å². The summed E-state index contributed by atoms with van der Waals surface area (Å²) in [6.07, 6.45) is 6.59. The molecule has 0 radical (unpaired) electrons. The van der Waals surface area contributed by atoms with E-state index in [0.717, 1.165) is 30.8 Å². The Morgan fingerprint density at radius 3 is 2.94 bits per heavy atom. The van der Waals surface area contributed by atoms with Gasteiger partial charge in [0.05, 0.1) is 17.6 Å². The number of anilines is 1. The second-order valence-corrected chi connectivity index (χ2v) is 4.20. The molecule has 0 amide bonds. The molecule has 4 nitrogen and oxygen atoms in total. The quantitative estimate of drug-likeness (QED) is 0.805. The van der Waals surface area contributed by atoms with Crippen molar-refractivity contribution in [1.29, 1.82) is 5.26 Å². The van der Waals surface area contributed by atoms with Gasteiger partial charge in [-0.15, -0.1) is 0 Å². The number of rotatable bonds is 5. The van der Waals surface area contributed by atoms with Gasteiger partial charge in [0, 0.05) is 32.5 Å². The highest BCUT2D eigenvalue weighted by atomic mass is 15.1. The molecule has 0 N–H and O–H groups in total. The maximum atomic E-state index is 9.05. The van der Waals surface area contributed by atoms with E-state index >= 15 is 0 Å². The number of imidazole rings is 1. The lowest BCUT2D eigenvalue weighted by Gasteiger charge is -2.20. The lowest BCUT2D eigenvalue weighted by atomic mass is 10.2. The van der Waals surface area contributed by atoms with E-state index in [9.17, 15) is 0 Å². The third-order valence-corrected chi connectivity index (χ3v) is 2.90. The largest absolute Gasteiger partial charge is 0.373 e. The van der Waals surface area contributed by atoms with Gasteiger partial charge in [0.2, 0.25) is 0 Å². The molecule has 1 heterocycles. The van der Waals surface area contributed by atoms with Crippen molar-refractivity contribution >= 4 is 5.69 Å². The highest BCUT2D eigenvalue weighted by molar-refractivity contribution is 5.58. The third-order valence-electron chi connectivity index (χ3n) is 2.90. The Balaban J connectivity index is 1.91. The molecule has 0 saturated carbocycles. The van der Waals surface area contributed by atoms with E-state index in [0.29, 0.717) is 0 Å². The zero-order valence-corrected chi connectivity index (χ0v) is 10.5. The molecule has 18 heavy (non-hydrogen) atoms. The minimum absolute atomic E-state index is 0.725. The molecule has 0 fully saturated rings. The van der Waals surface area contributed by atoms with Crippen molar-refractivity contribution in [3.8, 4) is 6.07 Å². The molecular formula is C14H16N4. The summed E-state index contributed by atoms with van der Waals surface area (Å²) in [6.45, 7) is 1.86. The second kappa shape index (κ2) is 5.87. The molecule has 0 unspecified atom stereocenters. The first-order chi connectivity index (χ1) is 8.81. The fraction of sp³-hybridized carbons (Fsp3) is 0.286. The fourth-order valence-electron chi connectivity index (χ4n) is 1.93. The number of hydrogen-bond acceptors (Lipinski definition) is 3. The summed E-state index contributed by atoms with van der Waals surface area (Å²) in [4.78, 5) is 6.13. The lowest BCUT2D eigenvalue weighted by Crippen LogP contribution is -2.20. The lowest BCUT2D eigenvalue weighted by molar-refractivity contribution is 0.637. The molecule has 0 saturated heterocycles. The number of para-hydroxylation sites is 1. The van der Waals surface area contributed by atoms with E-state index in [1.807, 2.05) is 43.8 Å². The van der Waals surface area contributed by atoms with E-state index in [-0.39, 0.29) is 0 Å². The van der Waals surface area contributed by atoms with Crippen molar-refractivity contribution in [2.45, 2.75) is 13.0 Å². The van der Waals surface area contributed by atoms with Crippen molar-refractivity contribution in [1.82, 2.24) is 9.55 Å². The molecule has 2 rings (SSSR count). The summed E-state index contributed by atoms with van der Waals surface area (Å²) in [5.74, 6) is 0. The summed E-state index contributed by atoms with van der Waals surface area (Å²) in [5.41, 5.74) is 1.72. The monoisotopic (exact) mass is 240 g/mol. The minimum atomic E-state index is 0.725. The Labute approximate surface area is 107 Å². The molecular weight excluding hydrogens is 224 g/mol. The van der Waals surface area contributed by atoms with E-state index in [1.165, 1.54) is 0 Å². The molecule has 92 valence electrons. The van der Waals surface area contributed by atoms with Gasteiger partial charge in [0.15, 0.2) is 0 Å². The van der Waals surface area contributed by atoms with Crippen LogP contribution < -0.4 is 4.90 Å². The normalized spacial score (nSPS) is 10.0. The fourth-order valence-corrected chi connectivity index (χ4v) is 1.93. The van der Waals surface area contributed by atoms with Crippen LogP contribution in [0.2, 0.25) is 0 Å². The third kappa shape index (κ3) is 2.89. The Morgan fingerprint density at radius 1 is 1.39 bits per heavy atom. The number of aryl methyl sites for hydroxylation is 1. The molecule has 0 aliphatic rings. The first-order valence-electron chi connectivity index (χ1n) is 5.97. The smallest absolute Gasteiger partial charge is 0.101 e. The van der Waals surface area contributed by atoms with Crippen LogP contribution in [0.25, 0.3) is 0 Å². The van der Waals surface area contributed by atoms with Crippen LogP contribution in [0.1, 0.15) is 12.0 Å². The van der Waals surface area contributed by atoms with E-state index in [2.05, 4.69) is 20.5 Å². The van der Waals surface area contributed by atoms with Gasteiger partial charge in [-0.1, -0.05) is 12.1 Å². The predicted octanol–water partition coefficient (Wildman–Crippen LogP) is 2.28. The summed E-state index contributed by atoms with van der Waals surface area (Å²) in [7, 11) is 2.02. The van der Waals surface area contributed by atoms with Gasteiger partial charge in [0.1, 0.15) is 6.07 Å². The van der Waals surface area contributed by atoms with Crippen LogP contribution in [0.5, 0.6) is 0 Å². The maximum absolute atomic E-state index is 9.05. The van der Waals surface area contributed by atoms with Crippen LogP contribution in [-0.2, 0) is 6.54 Å². The molecule has 0 aliphatic carbocycles. The van der Waals surface area contributed by atoms with Crippen LogP contribution in [0.3, 0.4) is 0 Å². The Bertz CT molecular complexity index is 525. The van der Waals surface area contributed by atoms with Crippen molar-refractivity contribution in [2.24, 2.45) is 0 Å². The molecule has 2 aromatic rings. The molecule has 4 heteroatoms. The summed E-state index contributed by atoms with van der Waals surface area (Å²) >= 11 is 0. The molecule has 1 aromatic heterocycles. The number of nitriles is 1. The molecule has 0 spiro atoms. The summed E-state index contributed by atoms with van der Waals surface area (Å²) in [6, 6.07) is 9.91. The van der Waals surface area contributed by atoms with Gasteiger partial charge in [0.25, 0.3) is 0 Å². The van der Waals surface area contributed by atoms with E-state index in [1.54, 1.807) is 6.20 Å². The van der Waals surface area contributed by atoms with E-state index < -0.39 is 0 Å². The molecule has 0 bridgehead atoms. The highest BCUT2D eigenvalue weighted by Crippen LogP contribution is 2.18. The van der Waals surface area contributed by atoms with Crippen LogP contribution in [0.15, 0.2) is 43.0 Å². The molecule has 0 aliphatic heterocycles. The maximum Gasteiger partial charge on any atom is 0.101 e. The zero-order chi connectivity index (χ0) is 12.8. The SMILES string of the molecule is CN(CCCn1ccnc1)c1ccccc1C#N.